The molecule has 1 aromatic rings. The minimum Gasteiger partial charge on any atom is -0.300 e. The lowest BCUT2D eigenvalue weighted by Crippen LogP contribution is -2.46. The van der Waals surface area contributed by atoms with Crippen LogP contribution in [-0.2, 0) is 6.54 Å². The van der Waals surface area contributed by atoms with E-state index in [1.807, 2.05) is 6.92 Å². The van der Waals surface area contributed by atoms with Crippen LogP contribution in [0.3, 0.4) is 0 Å². The molecule has 3 heteroatoms. The van der Waals surface area contributed by atoms with Crippen LogP contribution in [0.4, 0.5) is 0 Å². The Morgan fingerprint density at radius 2 is 1.60 bits per heavy atom. The first-order valence-corrected chi connectivity index (χ1v) is 10.7. The second-order valence-corrected chi connectivity index (χ2v) is 9.46. The molecule has 1 heterocycles. The van der Waals surface area contributed by atoms with E-state index in [9.17, 15) is 0 Å². The molecule has 0 atom stereocenters. The number of piperazine rings is 1. The summed E-state index contributed by atoms with van der Waals surface area (Å²) in [6, 6.07) is 10.8. The van der Waals surface area contributed by atoms with Gasteiger partial charge in [-0.05, 0) is 18.9 Å². The fraction of sp³-hybridized carbons (Fsp3) is 0.636. The highest BCUT2D eigenvalue weighted by molar-refractivity contribution is 8.00. The monoisotopic (exact) mass is 362 g/mol. The molecule has 2 nitrogen and oxygen atoms in total. The maximum Gasteiger partial charge on any atom is 0.0234 e. The van der Waals surface area contributed by atoms with Crippen molar-refractivity contribution in [2.24, 2.45) is 0 Å². The predicted molar refractivity (Wildman–Crippen MR) is 115 cm³/mol. The molecule has 0 unspecified atom stereocenters. The molecular formula is C22H38N2S. The molecule has 0 aromatic heterocycles. The lowest BCUT2D eigenvalue weighted by Gasteiger charge is -2.35. The Bertz CT molecular complexity index is 457. The standard InChI is InChI=1S/C17H28N2S.C5H10/c1-17(2,3)20-14-13-18-9-11-19(12-10-18)15-16-7-5-4-6-8-16;1-3-5-4-2/h4-8H,9-15H2,1-3H3;3,5H,4H2,1-2H3/b;5-3+. The highest BCUT2D eigenvalue weighted by Gasteiger charge is 2.17. The molecule has 0 aliphatic carbocycles. The van der Waals surface area contributed by atoms with Crippen molar-refractivity contribution in [3.05, 3.63) is 48.0 Å². The largest absolute Gasteiger partial charge is 0.300 e. The zero-order valence-corrected chi connectivity index (χ0v) is 17.8. The van der Waals surface area contributed by atoms with E-state index in [-0.39, 0.29) is 0 Å². The molecule has 1 saturated heterocycles. The van der Waals surface area contributed by atoms with Crippen LogP contribution in [0.2, 0.25) is 0 Å². The van der Waals surface area contributed by atoms with Gasteiger partial charge in [0.05, 0.1) is 0 Å². The molecule has 2 rings (SSSR count). The molecular weight excluding hydrogens is 324 g/mol. The molecule has 1 aliphatic heterocycles. The third-order valence-electron chi connectivity index (χ3n) is 4.13. The Morgan fingerprint density at radius 3 is 2.08 bits per heavy atom. The van der Waals surface area contributed by atoms with Gasteiger partial charge in [-0.1, -0.05) is 70.2 Å². The van der Waals surface area contributed by atoms with E-state index in [0.29, 0.717) is 4.75 Å². The van der Waals surface area contributed by atoms with Gasteiger partial charge in [0.1, 0.15) is 0 Å². The normalized spacial score (nSPS) is 16.7. The number of thioether (sulfide) groups is 1. The van der Waals surface area contributed by atoms with E-state index in [0.717, 1.165) is 13.0 Å². The third kappa shape index (κ3) is 11.5. The Labute approximate surface area is 160 Å². The average Bonchev–Trinajstić information content (AvgIpc) is 2.58. The maximum atomic E-state index is 2.61. The number of benzene rings is 1. The fourth-order valence-corrected chi connectivity index (χ4v) is 3.69. The summed E-state index contributed by atoms with van der Waals surface area (Å²) in [5.74, 6) is 1.25. The van der Waals surface area contributed by atoms with E-state index in [2.05, 4.69) is 91.7 Å². The second kappa shape index (κ2) is 12.6. The lowest BCUT2D eigenvalue weighted by atomic mass is 10.2. The number of hydrogen-bond acceptors (Lipinski definition) is 3. The van der Waals surface area contributed by atoms with Crippen molar-refractivity contribution < 1.29 is 0 Å². The Morgan fingerprint density at radius 1 is 1.00 bits per heavy atom. The summed E-state index contributed by atoms with van der Waals surface area (Å²) in [6.45, 7) is 18.2. The summed E-state index contributed by atoms with van der Waals surface area (Å²) in [6.07, 6.45) is 5.34. The van der Waals surface area contributed by atoms with Crippen molar-refractivity contribution in [3.63, 3.8) is 0 Å². The molecule has 0 radical (unpaired) electrons. The SMILES string of the molecule is C/C=C/CC.CC(C)(C)SCCN1CCN(Cc2ccccc2)CC1. The van der Waals surface area contributed by atoms with Gasteiger partial charge in [0.25, 0.3) is 0 Å². The molecule has 0 saturated carbocycles. The van der Waals surface area contributed by atoms with Crippen LogP contribution in [0, 0.1) is 0 Å². The van der Waals surface area contributed by atoms with Gasteiger partial charge in [0, 0.05) is 49.8 Å². The summed E-state index contributed by atoms with van der Waals surface area (Å²) in [5, 5.41) is 0. The van der Waals surface area contributed by atoms with E-state index in [1.54, 1.807) is 0 Å². The van der Waals surface area contributed by atoms with Crippen LogP contribution >= 0.6 is 11.8 Å². The molecule has 0 bridgehead atoms. The van der Waals surface area contributed by atoms with E-state index in [4.69, 9.17) is 0 Å². The summed E-state index contributed by atoms with van der Waals surface area (Å²) < 4.78 is 0.398. The number of allylic oxidation sites excluding steroid dienone is 2. The highest BCUT2D eigenvalue weighted by atomic mass is 32.2. The van der Waals surface area contributed by atoms with Crippen LogP contribution in [0.5, 0.6) is 0 Å². The quantitative estimate of drug-likeness (QED) is 0.633. The van der Waals surface area contributed by atoms with E-state index >= 15 is 0 Å². The van der Waals surface area contributed by atoms with Gasteiger partial charge in [0.15, 0.2) is 0 Å². The maximum absolute atomic E-state index is 2.61. The summed E-state index contributed by atoms with van der Waals surface area (Å²) in [4.78, 5) is 5.18. The summed E-state index contributed by atoms with van der Waals surface area (Å²) in [5.41, 5.74) is 1.43. The van der Waals surface area contributed by atoms with Crippen LogP contribution in [0.15, 0.2) is 42.5 Å². The minimum absolute atomic E-state index is 0.398. The van der Waals surface area contributed by atoms with Crippen molar-refractivity contribution in [1.29, 1.82) is 0 Å². The van der Waals surface area contributed by atoms with Crippen molar-refractivity contribution in [3.8, 4) is 0 Å². The van der Waals surface area contributed by atoms with Crippen molar-refractivity contribution in [1.82, 2.24) is 9.80 Å². The number of nitrogens with zero attached hydrogens (tertiary/aromatic N) is 2. The van der Waals surface area contributed by atoms with Crippen LogP contribution in [-0.4, -0.2) is 53.0 Å². The minimum atomic E-state index is 0.398. The first-order valence-electron chi connectivity index (χ1n) is 9.68. The molecule has 25 heavy (non-hydrogen) atoms. The first kappa shape index (κ1) is 22.3. The van der Waals surface area contributed by atoms with Gasteiger partial charge in [-0.25, -0.2) is 0 Å². The molecule has 1 aliphatic rings. The summed E-state index contributed by atoms with van der Waals surface area (Å²) >= 11 is 2.08. The van der Waals surface area contributed by atoms with Crippen molar-refractivity contribution in [2.75, 3.05) is 38.5 Å². The van der Waals surface area contributed by atoms with Crippen LogP contribution in [0.25, 0.3) is 0 Å². The first-order chi connectivity index (χ1) is 11.9. The van der Waals surface area contributed by atoms with Crippen molar-refractivity contribution >= 4 is 11.8 Å². The molecule has 0 N–H and O–H groups in total. The Hall–Kier alpha value is -0.770. The fourth-order valence-electron chi connectivity index (χ4n) is 2.73. The van der Waals surface area contributed by atoms with Crippen LogP contribution in [0.1, 0.15) is 46.6 Å². The van der Waals surface area contributed by atoms with Gasteiger partial charge in [0.2, 0.25) is 0 Å². The van der Waals surface area contributed by atoms with Gasteiger partial charge < -0.3 is 0 Å². The Kier molecular flexibility index (Phi) is 11.2. The zero-order chi connectivity index (χ0) is 18.5. The average molecular weight is 363 g/mol. The van der Waals surface area contributed by atoms with Crippen LogP contribution < -0.4 is 0 Å². The van der Waals surface area contributed by atoms with E-state index < -0.39 is 0 Å². The number of rotatable bonds is 6. The predicted octanol–water partition coefficient (Wildman–Crippen LogP) is 5.31. The van der Waals surface area contributed by atoms with E-state index in [1.165, 1.54) is 44.0 Å². The topological polar surface area (TPSA) is 6.48 Å². The van der Waals surface area contributed by atoms with Gasteiger partial charge >= 0.3 is 0 Å². The molecule has 0 spiro atoms. The van der Waals surface area contributed by atoms with Crippen molar-refractivity contribution in [2.45, 2.75) is 52.3 Å². The molecule has 1 aromatic carbocycles. The third-order valence-corrected chi connectivity index (χ3v) is 5.38. The van der Waals surface area contributed by atoms with Gasteiger partial charge in [-0.3, -0.25) is 9.80 Å². The zero-order valence-electron chi connectivity index (χ0n) is 17.0. The summed E-state index contributed by atoms with van der Waals surface area (Å²) in [7, 11) is 0. The second-order valence-electron chi connectivity index (χ2n) is 7.54. The highest BCUT2D eigenvalue weighted by Crippen LogP contribution is 2.23. The van der Waals surface area contributed by atoms with Gasteiger partial charge in [-0.15, -0.1) is 0 Å². The molecule has 142 valence electrons. The smallest absolute Gasteiger partial charge is 0.0234 e. The lowest BCUT2D eigenvalue weighted by molar-refractivity contribution is 0.133. The Balaban J connectivity index is 0.000000550. The molecule has 1 fully saturated rings. The molecule has 0 amide bonds. The number of hydrogen-bond donors (Lipinski definition) is 0. The van der Waals surface area contributed by atoms with Gasteiger partial charge in [-0.2, -0.15) is 11.8 Å².